The molecule has 1 aliphatic heterocycles. The molecule has 0 aromatic rings. The van der Waals surface area contributed by atoms with E-state index in [1.807, 2.05) is 20.8 Å². The molecule has 2 saturated carbocycles. The van der Waals surface area contributed by atoms with Crippen LogP contribution >= 0.6 is 0 Å². The smallest absolute Gasteiger partial charge is 0.233 e. The fraction of sp³-hybridized carbons (Fsp3) is 0.800. The van der Waals surface area contributed by atoms with E-state index in [1.165, 1.54) is 4.90 Å². The third kappa shape index (κ3) is 1.76. The first-order valence-electron chi connectivity index (χ1n) is 7.19. The monoisotopic (exact) mass is 263 g/mol. The third-order valence-corrected chi connectivity index (χ3v) is 5.16. The zero-order chi connectivity index (χ0) is 13.9. The van der Waals surface area contributed by atoms with E-state index in [-0.39, 0.29) is 36.0 Å². The Labute approximate surface area is 113 Å². The highest BCUT2D eigenvalue weighted by Crippen LogP contribution is 2.56. The number of likely N-dealkylation sites (tertiary alicyclic amines) is 1. The van der Waals surface area contributed by atoms with Gasteiger partial charge in [-0.15, -0.1) is 0 Å². The van der Waals surface area contributed by atoms with E-state index >= 15 is 0 Å². The molecule has 0 aromatic carbocycles. The van der Waals surface area contributed by atoms with Gasteiger partial charge in [0, 0.05) is 5.41 Å². The summed E-state index contributed by atoms with van der Waals surface area (Å²) in [5.74, 6) is 0.349. The molecule has 3 rings (SSSR count). The van der Waals surface area contributed by atoms with Crippen molar-refractivity contribution in [1.82, 2.24) is 4.90 Å². The predicted octanol–water partition coefficient (Wildman–Crippen LogP) is 1.63. The van der Waals surface area contributed by atoms with Crippen LogP contribution in [0.5, 0.6) is 0 Å². The Balaban J connectivity index is 1.80. The number of carbonyl (C=O) groups excluding carboxylic acids is 3. The molecule has 3 fully saturated rings. The van der Waals surface area contributed by atoms with Gasteiger partial charge in [-0.1, -0.05) is 20.8 Å². The molecule has 0 radical (unpaired) electrons. The van der Waals surface area contributed by atoms with Gasteiger partial charge < -0.3 is 0 Å². The second-order valence-electron chi connectivity index (χ2n) is 7.32. The number of imide groups is 1. The van der Waals surface area contributed by atoms with Crippen LogP contribution in [0.25, 0.3) is 0 Å². The lowest BCUT2D eigenvalue weighted by atomic mass is 9.81. The topological polar surface area (TPSA) is 54.5 Å². The summed E-state index contributed by atoms with van der Waals surface area (Å²) in [5.41, 5.74) is -0.503. The number of Topliss-reactive ketones (excluding diaryl/α,β-unsaturated/α-hetero) is 1. The van der Waals surface area contributed by atoms with Crippen LogP contribution in [0.15, 0.2) is 0 Å². The maximum atomic E-state index is 12.4. The van der Waals surface area contributed by atoms with Crippen molar-refractivity contribution in [3.63, 3.8) is 0 Å². The quantitative estimate of drug-likeness (QED) is 0.712. The molecule has 19 heavy (non-hydrogen) atoms. The summed E-state index contributed by atoms with van der Waals surface area (Å²) in [6, 6.07) is 0. The summed E-state index contributed by atoms with van der Waals surface area (Å²) in [4.78, 5) is 38.1. The van der Waals surface area contributed by atoms with E-state index in [0.717, 1.165) is 19.3 Å². The number of hydrogen-bond donors (Lipinski definition) is 0. The summed E-state index contributed by atoms with van der Waals surface area (Å²) in [6.07, 6.45) is 3.19. The van der Waals surface area contributed by atoms with Crippen LogP contribution in [-0.4, -0.2) is 29.0 Å². The number of nitrogens with zero attached hydrogens (tertiary/aromatic N) is 1. The lowest BCUT2D eigenvalue weighted by Gasteiger charge is -2.22. The first-order valence-corrected chi connectivity index (χ1v) is 7.19. The van der Waals surface area contributed by atoms with Crippen LogP contribution in [-0.2, 0) is 14.4 Å². The average molecular weight is 263 g/mol. The molecular formula is C15H21NO3. The van der Waals surface area contributed by atoms with Crippen molar-refractivity contribution in [2.45, 2.75) is 40.0 Å². The van der Waals surface area contributed by atoms with Crippen molar-refractivity contribution in [3.8, 4) is 0 Å². The molecule has 4 heteroatoms. The zero-order valence-electron chi connectivity index (χ0n) is 11.8. The van der Waals surface area contributed by atoms with Gasteiger partial charge in [0.2, 0.25) is 11.8 Å². The Hall–Kier alpha value is -1.19. The molecule has 1 saturated heterocycles. The van der Waals surface area contributed by atoms with E-state index in [2.05, 4.69) is 0 Å². The van der Waals surface area contributed by atoms with Crippen LogP contribution in [0.2, 0.25) is 0 Å². The lowest BCUT2D eigenvalue weighted by Crippen LogP contribution is -2.40. The SMILES string of the molecule is CC(C)(C)C(=O)CN1C(=O)[C@@H]2C3CCC(C3)[C@@H]2C1=O. The molecule has 2 bridgehead atoms. The highest BCUT2D eigenvalue weighted by molar-refractivity contribution is 6.08. The molecule has 0 aromatic heterocycles. The van der Waals surface area contributed by atoms with Gasteiger partial charge in [0.05, 0.1) is 18.4 Å². The third-order valence-electron chi connectivity index (χ3n) is 5.16. The van der Waals surface area contributed by atoms with Gasteiger partial charge in [-0.05, 0) is 31.1 Å². The van der Waals surface area contributed by atoms with Gasteiger partial charge in [0.15, 0.2) is 5.78 Å². The number of rotatable bonds is 2. The van der Waals surface area contributed by atoms with Crippen molar-refractivity contribution in [2.24, 2.45) is 29.1 Å². The Morgan fingerprint density at radius 2 is 1.58 bits per heavy atom. The maximum Gasteiger partial charge on any atom is 0.233 e. The molecule has 0 N–H and O–H groups in total. The largest absolute Gasteiger partial charge is 0.297 e. The minimum Gasteiger partial charge on any atom is -0.297 e. The van der Waals surface area contributed by atoms with Gasteiger partial charge >= 0.3 is 0 Å². The molecule has 0 spiro atoms. The highest BCUT2D eigenvalue weighted by atomic mass is 16.2. The van der Waals surface area contributed by atoms with Gasteiger partial charge in [0.1, 0.15) is 0 Å². The van der Waals surface area contributed by atoms with Gasteiger partial charge in [-0.25, -0.2) is 0 Å². The fourth-order valence-corrected chi connectivity index (χ4v) is 4.01. The van der Waals surface area contributed by atoms with Crippen LogP contribution in [0.1, 0.15) is 40.0 Å². The minimum absolute atomic E-state index is 0.0341. The number of amides is 2. The second kappa shape index (κ2) is 3.90. The first-order chi connectivity index (χ1) is 8.80. The molecular weight excluding hydrogens is 242 g/mol. The molecule has 104 valence electrons. The van der Waals surface area contributed by atoms with Gasteiger partial charge in [0.25, 0.3) is 0 Å². The number of carbonyl (C=O) groups is 3. The van der Waals surface area contributed by atoms with Crippen LogP contribution in [0.3, 0.4) is 0 Å². The van der Waals surface area contributed by atoms with Gasteiger partial charge in [-0.3, -0.25) is 19.3 Å². The van der Waals surface area contributed by atoms with E-state index in [4.69, 9.17) is 0 Å². The van der Waals surface area contributed by atoms with E-state index in [0.29, 0.717) is 11.8 Å². The van der Waals surface area contributed by atoms with E-state index in [9.17, 15) is 14.4 Å². The Kier molecular flexibility index (Phi) is 2.63. The predicted molar refractivity (Wildman–Crippen MR) is 69.0 cm³/mol. The van der Waals surface area contributed by atoms with Crippen molar-refractivity contribution in [1.29, 1.82) is 0 Å². The number of hydrogen-bond acceptors (Lipinski definition) is 3. The van der Waals surface area contributed by atoms with Crippen LogP contribution in [0, 0.1) is 29.1 Å². The molecule has 4 atom stereocenters. The minimum atomic E-state index is -0.503. The van der Waals surface area contributed by atoms with Crippen molar-refractivity contribution in [3.05, 3.63) is 0 Å². The van der Waals surface area contributed by atoms with Crippen molar-refractivity contribution >= 4 is 17.6 Å². The van der Waals surface area contributed by atoms with Crippen LogP contribution in [0.4, 0.5) is 0 Å². The van der Waals surface area contributed by atoms with Crippen LogP contribution < -0.4 is 0 Å². The molecule has 2 amide bonds. The summed E-state index contributed by atoms with van der Waals surface area (Å²) in [6.45, 7) is 5.44. The Morgan fingerprint density at radius 1 is 1.11 bits per heavy atom. The molecule has 1 heterocycles. The van der Waals surface area contributed by atoms with Crippen molar-refractivity contribution in [2.75, 3.05) is 6.54 Å². The highest BCUT2D eigenvalue weighted by Gasteiger charge is 2.61. The van der Waals surface area contributed by atoms with E-state index < -0.39 is 5.41 Å². The summed E-state index contributed by atoms with van der Waals surface area (Å²) >= 11 is 0. The summed E-state index contributed by atoms with van der Waals surface area (Å²) < 4.78 is 0. The second-order valence-corrected chi connectivity index (χ2v) is 7.32. The lowest BCUT2D eigenvalue weighted by molar-refractivity contribution is -0.145. The Bertz CT molecular complexity index is 435. The number of fused-ring (bicyclic) bond motifs is 5. The molecule has 2 aliphatic carbocycles. The normalized spacial score (nSPS) is 37.1. The summed E-state index contributed by atoms with van der Waals surface area (Å²) in [5, 5.41) is 0. The van der Waals surface area contributed by atoms with Crippen molar-refractivity contribution < 1.29 is 14.4 Å². The van der Waals surface area contributed by atoms with Gasteiger partial charge in [-0.2, -0.15) is 0 Å². The van der Waals surface area contributed by atoms with E-state index in [1.54, 1.807) is 0 Å². The fourth-order valence-electron chi connectivity index (χ4n) is 4.01. The average Bonchev–Trinajstić information content (AvgIpc) is 2.97. The zero-order valence-corrected chi connectivity index (χ0v) is 11.8. The maximum absolute atomic E-state index is 12.4. The first kappa shape index (κ1) is 12.8. The molecule has 2 unspecified atom stereocenters. The number of ketones is 1. The summed E-state index contributed by atoms with van der Waals surface area (Å²) in [7, 11) is 0. The molecule has 4 nitrogen and oxygen atoms in total. The molecule has 3 aliphatic rings. The standard InChI is InChI=1S/C15H21NO3/c1-15(2,3)10(17)7-16-13(18)11-8-4-5-9(6-8)12(11)14(16)19/h8-9,11-12H,4-7H2,1-3H3/t8?,9?,11-,12+. The Morgan fingerprint density at radius 3 is 2.00 bits per heavy atom.